The molecule has 0 rings (SSSR count). The number of unbranched alkanes of at least 4 members (excludes halogenated alkanes) is 22. The van der Waals surface area contributed by atoms with Gasteiger partial charge < -0.3 is 9.47 Å². The normalized spacial score (nSPS) is 11.8. The molecule has 4 heteroatoms. The Bertz CT molecular complexity index is 635. The molecule has 0 bridgehead atoms. The first kappa shape index (κ1) is 42.2. The van der Waals surface area contributed by atoms with Gasteiger partial charge in [-0.15, -0.1) is 0 Å². The van der Waals surface area contributed by atoms with E-state index in [1.54, 1.807) is 12.2 Å². The van der Waals surface area contributed by atoms with Crippen molar-refractivity contribution in [1.82, 2.24) is 0 Å². The molecule has 44 heavy (non-hydrogen) atoms. The van der Waals surface area contributed by atoms with E-state index in [-0.39, 0.29) is 25.2 Å². The van der Waals surface area contributed by atoms with Crippen LogP contribution in [0.4, 0.5) is 0 Å². The van der Waals surface area contributed by atoms with Gasteiger partial charge in [0.15, 0.2) is 0 Å². The second-order valence-electron chi connectivity index (χ2n) is 12.5. The standard InChI is InChI=1S/C40H72O4/c1-3-5-7-9-11-13-15-17-19-21-23-25-27-29-31-35-39(41)43-37-33-34-38-44-40(42)36-32-30-28-26-24-22-20-18-16-14-12-10-8-6-4-2/h17-20,33-34H,3-16,21-32,35-38H2,1-2H3. The summed E-state index contributed by atoms with van der Waals surface area (Å²) in [7, 11) is 0. The zero-order valence-electron chi connectivity index (χ0n) is 29.3. The van der Waals surface area contributed by atoms with Gasteiger partial charge in [-0.3, -0.25) is 9.59 Å². The third-order valence-electron chi connectivity index (χ3n) is 8.13. The molecule has 256 valence electrons. The van der Waals surface area contributed by atoms with Crippen molar-refractivity contribution in [3.8, 4) is 0 Å². The van der Waals surface area contributed by atoms with Crippen LogP contribution in [-0.4, -0.2) is 25.2 Å². The summed E-state index contributed by atoms with van der Waals surface area (Å²) in [6.45, 7) is 5.02. The van der Waals surface area contributed by atoms with E-state index in [4.69, 9.17) is 9.47 Å². The molecular formula is C40H72O4. The van der Waals surface area contributed by atoms with Crippen LogP contribution in [0, 0.1) is 0 Å². The highest BCUT2D eigenvalue weighted by atomic mass is 16.5. The van der Waals surface area contributed by atoms with E-state index < -0.39 is 0 Å². The van der Waals surface area contributed by atoms with Gasteiger partial charge in [0.25, 0.3) is 0 Å². The number of carbonyl (C=O) groups excluding carboxylic acids is 2. The zero-order valence-corrected chi connectivity index (χ0v) is 29.3. The Hall–Kier alpha value is -1.84. The molecule has 0 aromatic carbocycles. The molecule has 0 aromatic rings. The molecule has 0 unspecified atom stereocenters. The van der Waals surface area contributed by atoms with Crippen LogP contribution in [0.3, 0.4) is 0 Å². The van der Waals surface area contributed by atoms with E-state index in [0.717, 1.165) is 25.7 Å². The van der Waals surface area contributed by atoms with E-state index in [2.05, 4.69) is 38.2 Å². The molecule has 0 N–H and O–H groups in total. The van der Waals surface area contributed by atoms with E-state index >= 15 is 0 Å². The number of hydrogen-bond donors (Lipinski definition) is 0. The predicted octanol–water partition coefficient (Wildman–Crippen LogP) is 12.7. The zero-order chi connectivity index (χ0) is 32.0. The van der Waals surface area contributed by atoms with Gasteiger partial charge in [-0.25, -0.2) is 0 Å². The van der Waals surface area contributed by atoms with Gasteiger partial charge in [0.1, 0.15) is 13.2 Å². The predicted molar refractivity (Wildman–Crippen MR) is 190 cm³/mol. The van der Waals surface area contributed by atoms with Crippen molar-refractivity contribution in [3.63, 3.8) is 0 Å². The number of rotatable bonds is 34. The summed E-state index contributed by atoms with van der Waals surface area (Å²) in [5.41, 5.74) is 0. The summed E-state index contributed by atoms with van der Waals surface area (Å²) in [5, 5.41) is 0. The first-order chi connectivity index (χ1) is 21.7. The maximum absolute atomic E-state index is 11.9. The molecule has 0 aliphatic carbocycles. The maximum atomic E-state index is 11.9. The summed E-state index contributed by atoms with van der Waals surface area (Å²) < 4.78 is 10.5. The van der Waals surface area contributed by atoms with Gasteiger partial charge in [0, 0.05) is 12.8 Å². The average Bonchev–Trinajstić information content (AvgIpc) is 3.02. The number of ether oxygens (including phenoxy) is 2. The van der Waals surface area contributed by atoms with Crippen LogP contribution in [0.5, 0.6) is 0 Å². The molecule has 0 aromatic heterocycles. The maximum Gasteiger partial charge on any atom is 0.306 e. The number of esters is 2. The minimum Gasteiger partial charge on any atom is -0.461 e. The fourth-order valence-corrected chi connectivity index (χ4v) is 5.24. The first-order valence-corrected chi connectivity index (χ1v) is 19.0. The largest absolute Gasteiger partial charge is 0.461 e. The van der Waals surface area contributed by atoms with Crippen LogP contribution in [0.2, 0.25) is 0 Å². The van der Waals surface area contributed by atoms with E-state index in [0.29, 0.717) is 12.8 Å². The molecule has 0 aliphatic heterocycles. The Morgan fingerprint density at radius 1 is 0.364 bits per heavy atom. The molecule has 0 spiro atoms. The van der Waals surface area contributed by atoms with E-state index in [9.17, 15) is 9.59 Å². The average molecular weight is 617 g/mol. The smallest absolute Gasteiger partial charge is 0.306 e. The lowest BCUT2D eigenvalue weighted by molar-refractivity contribution is -0.143. The van der Waals surface area contributed by atoms with Crippen LogP contribution < -0.4 is 0 Å². The minimum atomic E-state index is -0.145. The van der Waals surface area contributed by atoms with Crippen LogP contribution >= 0.6 is 0 Å². The quantitative estimate of drug-likeness (QED) is 0.0410. The lowest BCUT2D eigenvalue weighted by Crippen LogP contribution is -2.05. The summed E-state index contributed by atoms with van der Waals surface area (Å²) in [4.78, 5) is 23.8. The minimum absolute atomic E-state index is 0.145. The van der Waals surface area contributed by atoms with Gasteiger partial charge in [0.05, 0.1) is 0 Å². The van der Waals surface area contributed by atoms with Crippen LogP contribution in [0.25, 0.3) is 0 Å². The van der Waals surface area contributed by atoms with Crippen molar-refractivity contribution in [1.29, 1.82) is 0 Å². The van der Waals surface area contributed by atoms with Crippen molar-refractivity contribution >= 4 is 11.9 Å². The third kappa shape index (κ3) is 36.4. The Morgan fingerprint density at radius 3 is 0.955 bits per heavy atom. The lowest BCUT2D eigenvalue weighted by atomic mass is 10.1. The highest BCUT2D eigenvalue weighted by Gasteiger charge is 2.03. The van der Waals surface area contributed by atoms with Gasteiger partial charge in [0.2, 0.25) is 0 Å². The monoisotopic (exact) mass is 617 g/mol. The molecule has 0 saturated heterocycles. The van der Waals surface area contributed by atoms with Gasteiger partial charge in [-0.1, -0.05) is 141 Å². The molecule has 0 aliphatic rings. The molecule has 0 atom stereocenters. The van der Waals surface area contributed by atoms with Crippen molar-refractivity contribution in [2.75, 3.05) is 13.2 Å². The molecule has 4 nitrogen and oxygen atoms in total. The second-order valence-corrected chi connectivity index (χ2v) is 12.5. The molecule has 0 amide bonds. The number of carbonyl (C=O) groups is 2. The fraction of sp³-hybridized carbons (Fsp3) is 0.800. The van der Waals surface area contributed by atoms with Gasteiger partial charge >= 0.3 is 11.9 Å². The Kier molecular flexibility index (Phi) is 35.8. The SMILES string of the molecule is CCCCCCCCC=CCCCCCCCC(=O)OCC=CCOC(=O)CCCCCCCC=CCCCCCCCC. The summed E-state index contributed by atoms with van der Waals surface area (Å²) in [5.74, 6) is -0.290. The molecular weight excluding hydrogens is 544 g/mol. The lowest BCUT2D eigenvalue weighted by Gasteiger charge is -2.03. The molecule has 0 radical (unpaired) electrons. The van der Waals surface area contributed by atoms with E-state index in [1.807, 2.05) is 0 Å². The van der Waals surface area contributed by atoms with Gasteiger partial charge in [-0.2, -0.15) is 0 Å². The Balaban J connectivity index is 3.39. The topological polar surface area (TPSA) is 52.6 Å². The third-order valence-corrected chi connectivity index (χ3v) is 8.13. The Morgan fingerprint density at radius 2 is 0.636 bits per heavy atom. The molecule has 0 saturated carbocycles. The fourth-order valence-electron chi connectivity index (χ4n) is 5.24. The highest BCUT2D eigenvalue weighted by Crippen LogP contribution is 2.12. The van der Waals surface area contributed by atoms with Crippen molar-refractivity contribution < 1.29 is 19.1 Å². The number of allylic oxidation sites excluding steroid dienone is 4. The van der Waals surface area contributed by atoms with Crippen molar-refractivity contribution in [3.05, 3.63) is 36.5 Å². The van der Waals surface area contributed by atoms with Crippen molar-refractivity contribution in [2.45, 2.75) is 194 Å². The molecule has 0 fully saturated rings. The summed E-state index contributed by atoms with van der Waals surface area (Å²) >= 11 is 0. The Labute approximate surface area is 273 Å². The van der Waals surface area contributed by atoms with Gasteiger partial charge in [-0.05, 0) is 76.4 Å². The van der Waals surface area contributed by atoms with E-state index in [1.165, 1.54) is 141 Å². The van der Waals surface area contributed by atoms with Crippen molar-refractivity contribution in [2.24, 2.45) is 0 Å². The first-order valence-electron chi connectivity index (χ1n) is 19.0. The summed E-state index contributed by atoms with van der Waals surface area (Å²) in [6.07, 6.45) is 46.3. The molecule has 0 heterocycles. The summed E-state index contributed by atoms with van der Waals surface area (Å²) in [6, 6.07) is 0. The van der Waals surface area contributed by atoms with Crippen LogP contribution in [0.1, 0.15) is 194 Å². The number of hydrogen-bond acceptors (Lipinski definition) is 4. The van der Waals surface area contributed by atoms with Crippen LogP contribution in [0.15, 0.2) is 36.5 Å². The second kappa shape index (κ2) is 37.3. The highest BCUT2D eigenvalue weighted by molar-refractivity contribution is 5.69. The van der Waals surface area contributed by atoms with Crippen LogP contribution in [-0.2, 0) is 19.1 Å².